The van der Waals surface area contributed by atoms with Crippen molar-refractivity contribution in [1.82, 2.24) is 0 Å². The summed E-state index contributed by atoms with van der Waals surface area (Å²) >= 11 is 0. The van der Waals surface area contributed by atoms with Gasteiger partial charge in [-0.3, -0.25) is 0 Å². The van der Waals surface area contributed by atoms with Crippen LogP contribution in [0, 0.1) is 0 Å². The molecule has 0 N–H and O–H groups in total. The highest BCUT2D eigenvalue weighted by Crippen LogP contribution is 2.59. The first-order chi connectivity index (χ1) is 15.1. The van der Waals surface area contributed by atoms with Crippen LogP contribution in [0.3, 0.4) is 0 Å². The Morgan fingerprint density at radius 3 is 1.45 bits per heavy atom. The van der Waals surface area contributed by atoms with Crippen LogP contribution in [-0.2, 0) is 5.41 Å². The van der Waals surface area contributed by atoms with Crippen molar-refractivity contribution in [3.63, 3.8) is 0 Å². The van der Waals surface area contributed by atoms with Crippen LogP contribution in [0.1, 0.15) is 25.0 Å². The zero-order chi connectivity index (χ0) is 21.3. The van der Waals surface area contributed by atoms with Gasteiger partial charge in [-0.2, -0.15) is 0 Å². The van der Waals surface area contributed by atoms with E-state index in [9.17, 15) is 0 Å². The van der Waals surface area contributed by atoms with Crippen molar-refractivity contribution in [1.29, 1.82) is 0 Å². The third-order valence-electron chi connectivity index (χ3n) is 6.50. The second-order valence-corrected chi connectivity index (χ2v) is 12.4. The summed E-state index contributed by atoms with van der Waals surface area (Å²) in [6, 6.07) is 42.5. The molecule has 0 fully saturated rings. The van der Waals surface area contributed by atoms with Crippen LogP contribution in [-0.4, -0.2) is 6.16 Å². The predicted octanol–water partition coefficient (Wildman–Crippen LogP) is 6.36. The minimum absolute atomic E-state index is 0.0612. The van der Waals surface area contributed by atoms with Crippen LogP contribution < -0.4 is 15.9 Å². The average molecular weight is 420 g/mol. The first-order valence-electron chi connectivity index (χ1n) is 11.0. The average Bonchev–Trinajstić information content (AvgIpc) is 3.09. The van der Waals surface area contributed by atoms with Gasteiger partial charge in [0.15, 0.2) is 0 Å². The molecule has 0 atom stereocenters. The smallest absolute Gasteiger partial charge is 0.0670 e. The van der Waals surface area contributed by atoms with Gasteiger partial charge in [-0.05, 0) is 53.1 Å². The third kappa shape index (κ3) is 3.46. The molecule has 0 saturated carbocycles. The summed E-state index contributed by atoms with van der Waals surface area (Å²) in [5.74, 6) is 0. The fourth-order valence-corrected chi connectivity index (χ4v) is 9.33. The Kier molecular flexibility index (Phi) is 5.12. The van der Waals surface area contributed by atoms with Gasteiger partial charge in [-0.15, -0.1) is 0 Å². The first kappa shape index (κ1) is 20.0. The number of hydrogen-bond donors (Lipinski definition) is 0. The van der Waals surface area contributed by atoms with E-state index in [1.807, 2.05) is 0 Å². The minimum Gasteiger partial charge on any atom is -0.0670 e. The quantitative estimate of drug-likeness (QED) is 0.330. The topological polar surface area (TPSA) is 0 Å². The minimum atomic E-state index is -1.88. The zero-order valence-corrected chi connectivity index (χ0v) is 19.1. The maximum absolute atomic E-state index is 2.52. The molecule has 152 valence electrons. The van der Waals surface area contributed by atoms with Crippen LogP contribution in [0.4, 0.5) is 0 Å². The molecule has 4 aromatic carbocycles. The highest BCUT2D eigenvalue weighted by molar-refractivity contribution is 7.96. The van der Waals surface area contributed by atoms with Gasteiger partial charge in [0.25, 0.3) is 0 Å². The fourth-order valence-electron chi connectivity index (χ4n) is 5.07. The van der Waals surface area contributed by atoms with E-state index in [1.54, 1.807) is 0 Å². The second-order valence-electron chi connectivity index (χ2n) is 8.91. The molecule has 0 nitrogen and oxygen atoms in total. The molecule has 0 bridgehead atoms. The van der Waals surface area contributed by atoms with Crippen molar-refractivity contribution in [2.24, 2.45) is 0 Å². The molecule has 0 spiro atoms. The lowest BCUT2D eigenvalue weighted by Crippen LogP contribution is -2.33. The Morgan fingerprint density at radius 1 is 0.548 bits per heavy atom. The monoisotopic (exact) mass is 419 g/mol. The van der Waals surface area contributed by atoms with Gasteiger partial charge in [0.05, 0.1) is 6.16 Å². The number of fused-ring (bicyclic) bond motifs is 1. The van der Waals surface area contributed by atoms with E-state index in [2.05, 4.69) is 135 Å². The maximum atomic E-state index is 2.52. The van der Waals surface area contributed by atoms with Crippen molar-refractivity contribution >= 4 is 28.7 Å². The van der Waals surface area contributed by atoms with E-state index in [0.29, 0.717) is 0 Å². The molecule has 0 radical (unpaired) electrons. The number of hydrogen-bond acceptors (Lipinski definition) is 0. The van der Waals surface area contributed by atoms with Gasteiger partial charge < -0.3 is 0 Å². The Morgan fingerprint density at radius 2 is 0.968 bits per heavy atom. The molecule has 1 aliphatic rings. The summed E-state index contributed by atoms with van der Waals surface area (Å²) in [4.78, 5) is 0. The molecule has 5 rings (SSSR count). The molecule has 1 aliphatic carbocycles. The Balaban J connectivity index is 1.78. The molecule has 0 heterocycles. The lowest BCUT2D eigenvalue weighted by atomic mass is 9.87. The molecule has 31 heavy (non-hydrogen) atoms. The van der Waals surface area contributed by atoms with Crippen LogP contribution in [0.2, 0.25) is 0 Å². The molecule has 1 heteroatoms. The zero-order valence-electron chi connectivity index (χ0n) is 18.2. The number of benzene rings is 4. The lowest BCUT2D eigenvalue weighted by molar-refractivity contribution is 0.683. The Hall–Kier alpha value is -2.95. The van der Waals surface area contributed by atoms with Crippen molar-refractivity contribution in [2.75, 3.05) is 6.16 Å². The summed E-state index contributed by atoms with van der Waals surface area (Å²) in [5.41, 5.74) is 4.40. The molecule has 0 unspecified atom stereocenters. The predicted molar refractivity (Wildman–Crippen MR) is 137 cm³/mol. The maximum Gasteiger partial charge on any atom is 0.116 e. The number of rotatable bonds is 5. The van der Waals surface area contributed by atoms with E-state index >= 15 is 0 Å². The molecular weight excluding hydrogens is 391 g/mol. The van der Waals surface area contributed by atoms with E-state index in [0.717, 1.165) is 6.16 Å². The summed E-state index contributed by atoms with van der Waals surface area (Å²) in [6.07, 6.45) is 3.55. The van der Waals surface area contributed by atoms with Gasteiger partial charge in [-0.1, -0.05) is 98.8 Å². The summed E-state index contributed by atoms with van der Waals surface area (Å²) in [5, 5.41) is 4.32. The largest absolute Gasteiger partial charge is 0.116 e. The van der Waals surface area contributed by atoms with Crippen LogP contribution in [0.15, 0.2) is 121 Å². The normalized spacial score (nSPS) is 14.7. The van der Waals surface area contributed by atoms with E-state index in [-0.39, 0.29) is 5.41 Å². The highest BCUT2D eigenvalue weighted by atomic mass is 31.2. The molecule has 0 aromatic heterocycles. The summed E-state index contributed by atoms with van der Waals surface area (Å²) in [6.45, 7) is 4.68. The lowest BCUT2D eigenvalue weighted by Gasteiger charge is -2.28. The van der Waals surface area contributed by atoms with E-state index in [4.69, 9.17) is 0 Å². The van der Waals surface area contributed by atoms with Crippen LogP contribution in [0.5, 0.6) is 0 Å². The van der Waals surface area contributed by atoms with E-state index in [1.165, 1.54) is 32.6 Å². The SMILES string of the molecule is CC1(C)C=C(C[P+](c2ccccc2)(c2ccccc2)c2ccccc2)c2ccccc21. The summed E-state index contributed by atoms with van der Waals surface area (Å²) < 4.78 is 0. The van der Waals surface area contributed by atoms with Gasteiger partial charge in [0, 0.05) is 5.41 Å². The second kappa shape index (κ2) is 7.95. The molecule has 0 aliphatic heterocycles. The van der Waals surface area contributed by atoms with Crippen molar-refractivity contribution in [3.05, 3.63) is 132 Å². The molecule has 4 aromatic rings. The van der Waals surface area contributed by atoms with Gasteiger partial charge in [-0.25, -0.2) is 0 Å². The van der Waals surface area contributed by atoms with Crippen LogP contribution >= 0.6 is 7.26 Å². The van der Waals surface area contributed by atoms with E-state index < -0.39 is 7.26 Å². The summed E-state index contributed by atoms with van der Waals surface area (Å²) in [7, 11) is -1.88. The van der Waals surface area contributed by atoms with Crippen molar-refractivity contribution in [2.45, 2.75) is 19.3 Å². The standard InChI is InChI=1S/C30H28P/c1-30(2)22-24(28-20-12-13-21-29(28)30)23-31(25-14-6-3-7-15-25,26-16-8-4-9-17-26)27-18-10-5-11-19-27/h3-22H,23H2,1-2H3/q+1. The fraction of sp³-hybridized carbons (Fsp3) is 0.133. The van der Waals surface area contributed by atoms with Crippen LogP contribution in [0.25, 0.3) is 5.57 Å². The molecule has 0 saturated heterocycles. The van der Waals surface area contributed by atoms with Gasteiger partial charge in [0.1, 0.15) is 23.2 Å². The first-order valence-corrected chi connectivity index (χ1v) is 13.0. The van der Waals surface area contributed by atoms with Crippen molar-refractivity contribution in [3.8, 4) is 0 Å². The molecule has 0 amide bonds. The Labute approximate surface area is 186 Å². The number of allylic oxidation sites excluding steroid dienone is 2. The van der Waals surface area contributed by atoms with Crippen molar-refractivity contribution < 1.29 is 0 Å². The highest BCUT2D eigenvalue weighted by Gasteiger charge is 2.47. The Bertz CT molecular complexity index is 1110. The van der Waals surface area contributed by atoms with Gasteiger partial charge >= 0.3 is 0 Å². The van der Waals surface area contributed by atoms with Gasteiger partial charge in [0.2, 0.25) is 0 Å². The third-order valence-corrected chi connectivity index (χ3v) is 10.9. The molecular formula is C30H28P+.